The van der Waals surface area contributed by atoms with Crippen LogP contribution >= 0.6 is 11.6 Å². The number of rotatable bonds is 1. The van der Waals surface area contributed by atoms with Crippen molar-refractivity contribution >= 4 is 29.2 Å². The average Bonchev–Trinajstić information content (AvgIpc) is 2.14. The van der Waals surface area contributed by atoms with Crippen LogP contribution in [0.1, 0.15) is 20.8 Å². The molecule has 0 aliphatic heterocycles. The van der Waals surface area contributed by atoms with Crippen molar-refractivity contribution in [3.05, 3.63) is 29.3 Å². The number of hydrogen-bond acceptors (Lipinski definition) is 3. The normalized spacial score (nSPS) is 10.8. The molecule has 0 aliphatic carbocycles. The van der Waals surface area contributed by atoms with E-state index in [1.807, 2.05) is 0 Å². The second-order valence-corrected chi connectivity index (χ2v) is 4.90. The number of ether oxygens (including phenoxy) is 1. The molecule has 0 radical (unpaired) electrons. The Morgan fingerprint density at radius 2 is 1.94 bits per heavy atom. The Kier molecular flexibility index (Phi) is 4.12. The van der Waals surface area contributed by atoms with Gasteiger partial charge in [0.1, 0.15) is 5.60 Å². The van der Waals surface area contributed by atoms with E-state index in [9.17, 15) is 9.59 Å². The van der Waals surface area contributed by atoms with Gasteiger partial charge in [0.15, 0.2) is 0 Å². The van der Waals surface area contributed by atoms with Crippen LogP contribution in [0.2, 0.25) is 5.02 Å². The third-order valence-corrected chi connectivity index (χ3v) is 1.90. The van der Waals surface area contributed by atoms with Gasteiger partial charge < -0.3 is 10.1 Å². The van der Waals surface area contributed by atoms with Crippen molar-refractivity contribution < 1.29 is 14.3 Å². The van der Waals surface area contributed by atoms with Crippen molar-refractivity contribution in [3.8, 4) is 0 Å². The number of hydrogen-bond donors (Lipinski definition) is 1. The number of carbonyl (C=O) groups is 2. The molecule has 0 saturated carbocycles. The summed E-state index contributed by atoms with van der Waals surface area (Å²) in [6, 6.07) is 6.52. The topological polar surface area (TPSA) is 55.4 Å². The zero-order valence-electron chi connectivity index (χ0n) is 9.91. The van der Waals surface area contributed by atoms with Crippen LogP contribution in [0.4, 0.5) is 5.69 Å². The highest BCUT2D eigenvalue weighted by Crippen LogP contribution is 2.15. The summed E-state index contributed by atoms with van der Waals surface area (Å²) < 4.78 is 4.92. The van der Waals surface area contributed by atoms with E-state index in [-0.39, 0.29) is 0 Å². The highest BCUT2D eigenvalue weighted by atomic mass is 35.5. The van der Waals surface area contributed by atoms with Gasteiger partial charge in [0.25, 0.3) is 0 Å². The first-order chi connectivity index (χ1) is 7.78. The van der Waals surface area contributed by atoms with Gasteiger partial charge in [-0.1, -0.05) is 17.7 Å². The van der Waals surface area contributed by atoms with E-state index in [1.54, 1.807) is 45.0 Å². The maximum atomic E-state index is 11.5. The second-order valence-electron chi connectivity index (χ2n) is 4.47. The molecule has 17 heavy (non-hydrogen) atoms. The van der Waals surface area contributed by atoms with Crippen molar-refractivity contribution in [3.63, 3.8) is 0 Å². The summed E-state index contributed by atoms with van der Waals surface area (Å²) in [5, 5.41) is 2.89. The molecule has 1 rings (SSSR count). The number of nitrogens with one attached hydrogen (secondary N) is 1. The Balaban J connectivity index is 2.64. The van der Waals surface area contributed by atoms with Crippen molar-refractivity contribution in [1.82, 2.24) is 0 Å². The summed E-state index contributed by atoms with van der Waals surface area (Å²) in [4.78, 5) is 22.9. The number of carbonyl (C=O) groups excluding carboxylic acids is 2. The van der Waals surface area contributed by atoms with Crippen LogP contribution in [-0.4, -0.2) is 17.5 Å². The molecule has 4 nitrogen and oxygen atoms in total. The van der Waals surface area contributed by atoms with Crippen LogP contribution in [0.15, 0.2) is 24.3 Å². The van der Waals surface area contributed by atoms with Gasteiger partial charge in [-0.3, -0.25) is 4.79 Å². The molecule has 1 aromatic rings. The quantitative estimate of drug-likeness (QED) is 0.620. The fourth-order valence-corrected chi connectivity index (χ4v) is 1.26. The van der Waals surface area contributed by atoms with Crippen molar-refractivity contribution in [2.24, 2.45) is 0 Å². The van der Waals surface area contributed by atoms with Gasteiger partial charge in [0.2, 0.25) is 0 Å². The molecule has 1 aromatic carbocycles. The van der Waals surface area contributed by atoms with E-state index in [4.69, 9.17) is 16.3 Å². The lowest BCUT2D eigenvalue weighted by Crippen LogP contribution is -2.32. The van der Waals surface area contributed by atoms with Crippen LogP contribution < -0.4 is 5.32 Å². The monoisotopic (exact) mass is 255 g/mol. The van der Waals surface area contributed by atoms with E-state index in [1.165, 1.54) is 0 Å². The lowest BCUT2D eigenvalue weighted by atomic mass is 10.2. The number of halogens is 1. The molecule has 0 fully saturated rings. The second kappa shape index (κ2) is 5.19. The molecular weight excluding hydrogens is 242 g/mol. The molecule has 0 atom stereocenters. The molecule has 0 heterocycles. The first kappa shape index (κ1) is 13.5. The zero-order valence-corrected chi connectivity index (χ0v) is 10.7. The minimum atomic E-state index is -0.919. The number of amides is 1. The maximum absolute atomic E-state index is 11.5. The van der Waals surface area contributed by atoms with Gasteiger partial charge in [-0.05, 0) is 39.0 Å². The molecule has 1 N–H and O–H groups in total. The van der Waals surface area contributed by atoms with Gasteiger partial charge in [-0.25, -0.2) is 4.79 Å². The largest absolute Gasteiger partial charge is 0.453 e. The van der Waals surface area contributed by atoms with Gasteiger partial charge in [-0.15, -0.1) is 0 Å². The van der Waals surface area contributed by atoms with Crippen LogP contribution in [0.5, 0.6) is 0 Å². The summed E-state index contributed by atoms with van der Waals surface area (Å²) in [7, 11) is 0. The number of esters is 1. The van der Waals surface area contributed by atoms with Gasteiger partial charge >= 0.3 is 11.9 Å². The molecular formula is C12H14ClNO3. The smallest absolute Gasteiger partial charge is 0.397 e. The van der Waals surface area contributed by atoms with E-state index in [0.717, 1.165) is 0 Å². The summed E-state index contributed by atoms with van der Waals surface area (Å²) in [6.45, 7) is 5.08. The van der Waals surface area contributed by atoms with E-state index < -0.39 is 17.5 Å². The summed E-state index contributed by atoms with van der Waals surface area (Å²) in [5.74, 6) is -1.74. The van der Waals surface area contributed by atoms with Crippen molar-refractivity contribution in [1.29, 1.82) is 0 Å². The van der Waals surface area contributed by atoms with Gasteiger partial charge in [0, 0.05) is 10.7 Å². The molecule has 0 bridgehead atoms. The predicted molar refractivity (Wildman–Crippen MR) is 65.9 cm³/mol. The Morgan fingerprint density at radius 1 is 1.29 bits per heavy atom. The minimum absolute atomic E-state index is 0.452. The molecule has 0 saturated heterocycles. The van der Waals surface area contributed by atoms with Gasteiger partial charge in [0.05, 0.1) is 0 Å². The fraction of sp³-hybridized carbons (Fsp3) is 0.333. The predicted octanol–water partition coefficient (Wildman–Crippen LogP) is 2.62. The van der Waals surface area contributed by atoms with E-state index in [2.05, 4.69) is 5.32 Å². The highest BCUT2D eigenvalue weighted by Gasteiger charge is 2.22. The van der Waals surface area contributed by atoms with Crippen LogP contribution in [0.25, 0.3) is 0 Å². The Morgan fingerprint density at radius 3 is 2.47 bits per heavy atom. The third kappa shape index (κ3) is 4.87. The molecule has 0 aliphatic rings. The standard InChI is InChI=1S/C12H14ClNO3/c1-12(2,3)17-11(16)10(15)14-9-6-4-5-8(13)7-9/h4-7H,1-3H3,(H,14,15). The average molecular weight is 256 g/mol. The number of benzene rings is 1. The maximum Gasteiger partial charge on any atom is 0.397 e. The molecule has 0 unspecified atom stereocenters. The van der Waals surface area contributed by atoms with Crippen LogP contribution in [0, 0.1) is 0 Å². The van der Waals surface area contributed by atoms with Crippen LogP contribution in [-0.2, 0) is 14.3 Å². The van der Waals surface area contributed by atoms with Crippen molar-refractivity contribution in [2.45, 2.75) is 26.4 Å². The zero-order chi connectivity index (χ0) is 13.1. The van der Waals surface area contributed by atoms with E-state index >= 15 is 0 Å². The summed E-state index contributed by atoms with van der Waals surface area (Å²) in [5.41, 5.74) is -0.240. The van der Waals surface area contributed by atoms with Crippen molar-refractivity contribution in [2.75, 3.05) is 5.32 Å². The third-order valence-electron chi connectivity index (χ3n) is 1.67. The Bertz CT molecular complexity index is 438. The summed E-state index contributed by atoms with van der Waals surface area (Å²) >= 11 is 5.75. The lowest BCUT2D eigenvalue weighted by molar-refractivity contribution is -0.161. The Hall–Kier alpha value is -1.55. The van der Waals surface area contributed by atoms with Crippen LogP contribution in [0.3, 0.4) is 0 Å². The number of anilines is 1. The minimum Gasteiger partial charge on any atom is -0.453 e. The highest BCUT2D eigenvalue weighted by molar-refractivity contribution is 6.37. The molecule has 1 amide bonds. The first-order valence-corrected chi connectivity index (χ1v) is 5.45. The SMILES string of the molecule is CC(C)(C)OC(=O)C(=O)Nc1cccc(Cl)c1. The molecule has 0 aromatic heterocycles. The Labute approximate surface area is 105 Å². The van der Waals surface area contributed by atoms with Gasteiger partial charge in [-0.2, -0.15) is 0 Å². The molecule has 5 heteroatoms. The molecule has 92 valence electrons. The molecule has 0 spiro atoms. The van der Waals surface area contributed by atoms with E-state index in [0.29, 0.717) is 10.7 Å². The lowest BCUT2D eigenvalue weighted by Gasteiger charge is -2.18. The summed E-state index contributed by atoms with van der Waals surface area (Å²) in [6.07, 6.45) is 0. The fourth-order valence-electron chi connectivity index (χ4n) is 1.07. The first-order valence-electron chi connectivity index (χ1n) is 5.08.